The Hall–Kier alpha value is -1.23. The normalized spacial score (nSPS) is 19.5. The van der Waals surface area contributed by atoms with Gasteiger partial charge in [0.15, 0.2) is 17.5 Å². The van der Waals surface area contributed by atoms with Crippen molar-refractivity contribution in [3.8, 4) is 0 Å². The minimum absolute atomic E-state index is 0.124. The predicted octanol–water partition coefficient (Wildman–Crippen LogP) is 2.29. The van der Waals surface area contributed by atoms with E-state index in [1.54, 1.807) is 4.90 Å². The number of nitrogens with one attached hydrogen (secondary N) is 1. The molecule has 1 aromatic rings. The number of halogens is 3. The van der Waals surface area contributed by atoms with Crippen LogP contribution in [0.15, 0.2) is 12.1 Å². The molecular weight excluding hydrogens is 229 g/mol. The molecule has 0 aliphatic carbocycles. The highest BCUT2D eigenvalue weighted by atomic mass is 19.2. The number of anilines is 1. The Kier molecular flexibility index (Phi) is 3.03. The van der Waals surface area contributed by atoms with E-state index in [-0.39, 0.29) is 11.2 Å². The summed E-state index contributed by atoms with van der Waals surface area (Å²) < 4.78 is 39.6. The predicted molar refractivity (Wildman–Crippen MR) is 60.6 cm³/mol. The van der Waals surface area contributed by atoms with E-state index in [0.29, 0.717) is 19.6 Å². The number of nitrogens with zero attached hydrogens (tertiary/aromatic N) is 1. The fourth-order valence-corrected chi connectivity index (χ4v) is 2.11. The van der Waals surface area contributed by atoms with Crippen molar-refractivity contribution in [2.75, 3.05) is 24.5 Å². The van der Waals surface area contributed by atoms with Crippen LogP contribution in [0.1, 0.15) is 13.8 Å². The van der Waals surface area contributed by atoms with Gasteiger partial charge in [-0.3, -0.25) is 0 Å². The molecule has 94 valence electrons. The molecule has 2 nitrogen and oxygen atoms in total. The van der Waals surface area contributed by atoms with Crippen LogP contribution in [0.3, 0.4) is 0 Å². The topological polar surface area (TPSA) is 15.3 Å². The molecule has 1 aliphatic rings. The van der Waals surface area contributed by atoms with Crippen LogP contribution in [0.2, 0.25) is 0 Å². The van der Waals surface area contributed by atoms with Crippen molar-refractivity contribution in [1.82, 2.24) is 5.32 Å². The molecule has 0 bridgehead atoms. The van der Waals surface area contributed by atoms with Crippen molar-refractivity contribution in [3.63, 3.8) is 0 Å². The SMILES string of the molecule is CC1(C)CN(c2ccc(F)c(F)c2F)CCN1. The third-order valence-electron chi connectivity index (χ3n) is 2.93. The molecule has 1 heterocycles. The van der Waals surface area contributed by atoms with E-state index in [2.05, 4.69) is 5.32 Å². The smallest absolute Gasteiger partial charge is 0.196 e. The Balaban J connectivity index is 2.31. The van der Waals surface area contributed by atoms with Gasteiger partial charge in [0.2, 0.25) is 0 Å². The van der Waals surface area contributed by atoms with Gasteiger partial charge in [0.25, 0.3) is 0 Å². The van der Waals surface area contributed by atoms with Gasteiger partial charge in [-0.1, -0.05) is 0 Å². The van der Waals surface area contributed by atoms with Gasteiger partial charge in [0.05, 0.1) is 5.69 Å². The van der Waals surface area contributed by atoms with Gasteiger partial charge < -0.3 is 10.2 Å². The van der Waals surface area contributed by atoms with Crippen LogP contribution >= 0.6 is 0 Å². The van der Waals surface area contributed by atoms with E-state index in [1.165, 1.54) is 6.07 Å². The zero-order chi connectivity index (χ0) is 12.6. The molecule has 1 aliphatic heterocycles. The van der Waals surface area contributed by atoms with Crippen LogP contribution in [0, 0.1) is 17.5 Å². The molecule has 0 radical (unpaired) electrons. The molecule has 1 N–H and O–H groups in total. The van der Waals surface area contributed by atoms with E-state index < -0.39 is 17.5 Å². The van der Waals surface area contributed by atoms with Crippen molar-refractivity contribution < 1.29 is 13.2 Å². The molecule has 1 fully saturated rings. The maximum atomic E-state index is 13.6. The quantitative estimate of drug-likeness (QED) is 0.762. The fourth-order valence-electron chi connectivity index (χ4n) is 2.11. The van der Waals surface area contributed by atoms with E-state index in [0.717, 1.165) is 6.07 Å². The first kappa shape index (κ1) is 12.2. The second-order valence-corrected chi connectivity index (χ2v) is 4.93. The third-order valence-corrected chi connectivity index (χ3v) is 2.93. The van der Waals surface area contributed by atoms with Gasteiger partial charge in [-0.15, -0.1) is 0 Å². The lowest BCUT2D eigenvalue weighted by molar-refractivity contribution is 0.349. The van der Waals surface area contributed by atoms with Crippen LogP contribution in [-0.4, -0.2) is 25.2 Å². The summed E-state index contributed by atoms with van der Waals surface area (Å²) in [5.74, 6) is -3.66. The Morgan fingerprint density at radius 1 is 1.18 bits per heavy atom. The van der Waals surface area contributed by atoms with Crippen molar-refractivity contribution in [2.24, 2.45) is 0 Å². The number of benzene rings is 1. The maximum absolute atomic E-state index is 13.6. The highest BCUT2D eigenvalue weighted by Crippen LogP contribution is 2.26. The van der Waals surface area contributed by atoms with Crippen LogP contribution in [0.5, 0.6) is 0 Å². The van der Waals surface area contributed by atoms with Crippen molar-refractivity contribution in [3.05, 3.63) is 29.6 Å². The standard InChI is InChI=1S/C12H15F3N2/c1-12(2)7-17(6-5-16-12)9-4-3-8(13)10(14)11(9)15/h3-4,16H,5-7H2,1-2H3. The minimum Gasteiger partial charge on any atom is -0.366 e. The van der Waals surface area contributed by atoms with Crippen LogP contribution in [0.25, 0.3) is 0 Å². The molecule has 17 heavy (non-hydrogen) atoms. The summed E-state index contributed by atoms with van der Waals surface area (Å²) in [7, 11) is 0. The summed E-state index contributed by atoms with van der Waals surface area (Å²) in [6.45, 7) is 5.78. The first-order chi connectivity index (χ1) is 7.91. The number of hydrogen-bond donors (Lipinski definition) is 1. The Bertz CT molecular complexity index is 432. The highest BCUT2D eigenvalue weighted by Gasteiger charge is 2.28. The van der Waals surface area contributed by atoms with E-state index in [1.807, 2.05) is 13.8 Å². The van der Waals surface area contributed by atoms with Crippen LogP contribution < -0.4 is 10.2 Å². The van der Waals surface area contributed by atoms with Gasteiger partial charge in [0.1, 0.15) is 0 Å². The zero-order valence-electron chi connectivity index (χ0n) is 9.86. The molecule has 0 unspecified atom stereocenters. The molecule has 1 saturated heterocycles. The summed E-state index contributed by atoms with van der Waals surface area (Å²) in [6, 6.07) is 2.25. The molecule has 0 saturated carbocycles. The first-order valence-corrected chi connectivity index (χ1v) is 5.54. The van der Waals surface area contributed by atoms with Crippen molar-refractivity contribution in [2.45, 2.75) is 19.4 Å². The monoisotopic (exact) mass is 244 g/mol. The number of rotatable bonds is 1. The molecule has 0 aromatic heterocycles. The van der Waals surface area contributed by atoms with Gasteiger partial charge in [0, 0.05) is 25.2 Å². The van der Waals surface area contributed by atoms with E-state index >= 15 is 0 Å². The lowest BCUT2D eigenvalue weighted by Crippen LogP contribution is -2.57. The summed E-state index contributed by atoms with van der Waals surface area (Å²) in [5.41, 5.74) is -0.0475. The molecule has 5 heteroatoms. The first-order valence-electron chi connectivity index (χ1n) is 5.54. The van der Waals surface area contributed by atoms with Crippen LogP contribution in [-0.2, 0) is 0 Å². The van der Waals surface area contributed by atoms with Gasteiger partial charge >= 0.3 is 0 Å². The summed E-state index contributed by atoms with van der Waals surface area (Å²) in [6.07, 6.45) is 0. The zero-order valence-corrected chi connectivity index (χ0v) is 9.86. The van der Waals surface area contributed by atoms with Gasteiger partial charge in [-0.25, -0.2) is 13.2 Å². The van der Waals surface area contributed by atoms with Crippen molar-refractivity contribution >= 4 is 5.69 Å². The maximum Gasteiger partial charge on any atom is 0.196 e. The second-order valence-electron chi connectivity index (χ2n) is 4.93. The van der Waals surface area contributed by atoms with E-state index in [9.17, 15) is 13.2 Å². The van der Waals surface area contributed by atoms with E-state index in [4.69, 9.17) is 0 Å². The van der Waals surface area contributed by atoms with Gasteiger partial charge in [-0.2, -0.15) is 0 Å². The number of hydrogen-bond acceptors (Lipinski definition) is 2. The molecular formula is C12H15F3N2. The second kappa shape index (κ2) is 4.22. The average Bonchev–Trinajstić information content (AvgIpc) is 2.25. The average molecular weight is 244 g/mol. The Labute approximate surface area is 98.4 Å². The third kappa shape index (κ3) is 2.39. The van der Waals surface area contributed by atoms with Gasteiger partial charge in [-0.05, 0) is 26.0 Å². The molecule has 2 rings (SSSR count). The molecule has 0 spiro atoms. The fraction of sp³-hybridized carbons (Fsp3) is 0.500. The molecule has 1 aromatic carbocycles. The summed E-state index contributed by atoms with van der Waals surface area (Å²) >= 11 is 0. The Morgan fingerprint density at radius 3 is 2.53 bits per heavy atom. The lowest BCUT2D eigenvalue weighted by Gasteiger charge is -2.40. The minimum atomic E-state index is -1.40. The highest BCUT2D eigenvalue weighted by molar-refractivity contribution is 5.49. The Morgan fingerprint density at radius 2 is 1.88 bits per heavy atom. The lowest BCUT2D eigenvalue weighted by atomic mass is 10.0. The molecule has 0 atom stereocenters. The van der Waals surface area contributed by atoms with Crippen LogP contribution in [0.4, 0.5) is 18.9 Å². The summed E-state index contributed by atoms with van der Waals surface area (Å²) in [4.78, 5) is 1.73. The largest absolute Gasteiger partial charge is 0.366 e. The number of piperazine rings is 1. The molecule has 0 amide bonds. The van der Waals surface area contributed by atoms with Crippen molar-refractivity contribution in [1.29, 1.82) is 0 Å². The summed E-state index contributed by atoms with van der Waals surface area (Å²) in [5, 5.41) is 3.27.